The summed E-state index contributed by atoms with van der Waals surface area (Å²) in [5.74, 6) is 0. The Bertz CT molecular complexity index is 206. The normalized spacial score (nSPS) is 12.3. The van der Waals surface area contributed by atoms with E-state index in [4.69, 9.17) is 9.05 Å². The second-order valence-corrected chi connectivity index (χ2v) is 6.00. The van der Waals surface area contributed by atoms with E-state index in [0.717, 1.165) is 25.7 Å². The highest BCUT2D eigenvalue weighted by Gasteiger charge is 2.31. The predicted molar refractivity (Wildman–Crippen MR) is 72.2 cm³/mol. The SMILES string of the molecule is CCCCOP(=O)(OCCCC)N(CC)CC. The van der Waals surface area contributed by atoms with Gasteiger partial charge < -0.3 is 0 Å². The monoisotopic (exact) mass is 265 g/mol. The maximum absolute atomic E-state index is 12.6. The Hall–Kier alpha value is 0.110. The Balaban J connectivity index is 4.38. The highest BCUT2D eigenvalue weighted by Crippen LogP contribution is 2.51. The molecule has 104 valence electrons. The minimum atomic E-state index is -3.06. The van der Waals surface area contributed by atoms with Crippen LogP contribution in [-0.4, -0.2) is 31.0 Å². The lowest BCUT2D eigenvalue weighted by atomic mass is 10.4. The van der Waals surface area contributed by atoms with Crippen molar-refractivity contribution in [1.82, 2.24) is 4.67 Å². The molecule has 0 saturated heterocycles. The van der Waals surface area contributed by atoms with Crippen molar-refractivity contribution < 1.29 is 13.6 Å². The molecule has 0 aliphatic carbocycles. The van der Waals surface area contributed by atoms with Crippen LogP contribution >= 0.6 is 7.75 Å². The van der Waals surface area contributed by atoms with Gasteiger partial charge in [0.05, 0.1) is 13.2 Å². The standard InChI is InChI=1S/C12H28NO3P/c1-5-9-11-15-17(14,13(7-3)8-4)16-12-10-6-2/h5-12H2,1-4H3. The molecule has 0 atom stereocenters. The molecule has 0 heterocycles. The van der Waals surface area contributed by atoms with Gasteiger partial charge in [-0.2, -0.15) is 0 Å². The van der Waals surface area contributed by atoms with Crippen LogP contribution in [0.5, 0.6) is 0 Å². The van der Waals surface area contributed by atoms with Crippen molar-refractivity contribution in [3.05, 3.63) is 0 Å². The molecule has 0 saturated carbocycles. The van der Waals surface area contributed by atoms with Gasteiger partial charge in [-0.3, -0.25) is 9.05 Å². The molecule has 0 rings (SSSR count). The van der Waals surface area contributed by atoms with Gasteiger partial charge in [-0.25, -0.2) is 9.24 Å². The first kappa shape index (κ1) is 17.1. The summed E-state index contributed by atoms with van der Waals surface area (Å²) >= 11 is 0. The average molecular weight is 265 g/mol. The van der Waals surface area contributed by atoms with Crippen LogP contribution in [0.4, 0.5) is 0 Å². The molecule has 0 aliphatic rings. The molecule has 0 N–H and O–H groups in total. The number of unbranched alkanes of at least 4 members (excludes halogenated alkanes) is 2. The summed E-state index contributed by atoms with van der Waals surface area (Å²) in [5.41, 5.74) is 0. The highest BCUT2D eigenvalue weighted by atomic mass is 31.2. The molecule has 0 aliphatic heterocycles. The maximum Gasteiger partial charge on any atom is 0.408 e. The van der Waals surface area contributed by atoms with Gasteiger partial charge >= 0.3 is 7.75 Å². The Labute approximate surface area is 106 Å². The molecule has 0 bridgehead atoms. The lowest BCUT2D eigenvalue weighted by Crippen LogP contribution is -2.23. The van der Waals surface area contributed by atoms with Crippen molar-refractivity contribution in [1.29, 1.82) is 0 Å². The quantitative estimate of drug-likeness (QED) is 0.417. The second kappa shape index (κ2) is 10.1. The second-order valence-electron chi connectivity index (χ2n) is 3.98. The summed E-state index contributed by atoms with van der Waals surface area (Å²) < 4.78 is 25.4. The molecule has 0 unspecified atom stereocenters. The Morgan fingerprint density at radius 2 is 1.29 bits per heavy atom. The van der Waals surface area contributed by atoms with E-state index in [2.05, 4.69) is 13.8 Å². The Morgan fingerprint density at radius 1 is 0.882 bits per heavy atom. The fourth-order valence-corrected chi connectivity index (χ4v) is 3.23. The zero-order chi connectivity index (χ0) is 13.1. The van der Waals surface area contributed by atoms with Crippen molar-refractivity contribution in [2.24, 2.45) is 0 Å². The van der Waals surface area contributed by atoms with Gasteiger partial charge in [0.2, 0.25) is 0 Å². The largest absolute Gasteiger partial charge is 0.408 e. The van der Waals surface area contributed by atoms with Crippen LogP contribution in [0.1, 0.15) is 53.4 Å². The van der Waals surface area contributed by atoms with Gasteiger partial charge in [0.25, 0.3) is 0 Å². The molecule has 4 nitrogen and oxygen atoms in total. The van der Waals surface area contributed by atoms with Crippen molar-refractivity contribution >= 4 is 7.75 Å². The summed E-state index contributed by atoms with van der Waals surface area (Å²) in [4.78, 5) is 0. The number of hydrogen-bond acceptors (Lipinski definition) is 3. The molecule has 5 heteroatoms. The van der Waals surface area contributed by atoms with Gasteiger partial charge in [0.1, 0.15) is 0 Å². The van der Waals surface area contributed by atoms with Crippen molar-refractivity contribution in [3.8, 4) is 0 Å². The fraction of sp³-hybridized carbons (Fsp3) is 1.00. The zero-order valence-corrected chi connectivity index (χ0v) is 12.7. The summed E-state index contributed by atoms with van der Waals surface area (Å²) in [6, 6.07) is 0. The van der Waals surface area contributed by atoms with E-state index >= 15 is 0 Å². The van der Waals surface area contributed by atoms with Crippen LogP contribution in [0.2, 0.25) is 0 Å². The molecular formula is C12H28NO3P. The minimum absolute atomic E-state index is 0.510. The summed E-state index contributed by atoms with van der Waals surface area (Å²) in [5, 5.41) is 0. The van der Waals surface area contributed by atoms with Gasteiger partial charge in [-0.15, -0.1) is 0 Å². The van der Waals surface area contributed by atoms with Gasteiger partial charge in [0.15, 0.2) is 0 Å². The summed E-state index contributed by atoms with van der Waals surface area (Å²) in [6.45, 7) is 10.5. The van der Waals surface area contributed by atoms with E-state index in [1.807, 2.05) is 13.8 Å². The molecule has 0 aromatic heterocycles. The zero-order valence-electron chi connectivity index (χ0n) is 11.8. The molecule has 0 aromatic rings. The molecule has 0 aromatic carbocycles. The van der Waals surface area contributed by atoms with Crippen LogP contribution in [0.3, 0.4) is 0 Å². The average Bonchev–Trinajstić information content (AvgIpc) is 2.31. The summed E-state index contributed by atoms with van der Waals surface area (Å²) in [6.07, 6.45) is 3.91. The predicted octanol–water partition coefficient (Wildman–Crippen LogP) is 4.07. The van der Waals surface area contributed by atoms with Crippen molar-refractivity contribution in [2.75, 3.05) is 26.3 Å². The highest BCUT2D eigenvalue weighted by molar-refractivity contribution is 7.51. The van der Waals surface area contributed by atoms with Gasteiger partial charge in [-0.1, -0.05) is 40.5 Å². The van der Waals surface area contributed by atoms with Crippen LogP contribution in [0.25, 0.3) is 0 Å². The van der Waals surface area contributed by atoms with Crippen LogP contribution in [-0.2, 0) is 13.6 Å². The Kier molecular flexibility index (Phi) is 10.1. The first-order valence-corrected chi connectivity index (χ1v) is 8.28. The Morgan fingerprint density at radius 3 is 1.59 bits per heavy atom. The van der Waals surface area contributed by atoms with Crippen LogP contribution < -0.4 is 0 Å². The molecule has 0 fully saturated rings. The third kappa shape index (κ3) is 6.56. The maximum atomic E-state index is 12.6. The molecule has 0 spiro atoms. The van der Waals surface area contributed by atoms with Crippen molar-refractivity contribution in [3.63, 3.8) is 0 Å². The van der Waals surface area contributed by atoms with Gasteiger partial charge in [0, 0.05) is 13.1 Å². The van der Waals surface area contributed by atoms with E-state index in [0.29, 0.717) is 26.3 Å². The third-order valence-corrected chi connectivity index (χ3v) is 4.86. The lowest BCUT2D eigenvalue weighted by Gasteiger charge is -2.28. The van der Waals surface area contributed by atoms with Crippen LogP contribution in [0.15, 0.2) is 0 Å². The number of hydrogen-bond donors (Lipinski definition) is 0. The van der Waals surface area contributed by atoms with E-state index < -0.39 is 7.75 Å². The third-order valence-electron chi connectivity index (χ3n) is 2.58. The first-order chi connectivity index (χ1) is 8.14. The molecule has 0 radical (unpaired) electrons. The minimum Gasteiger partial charge on any atom is -0.297 e. The summed E-state index contributed by atoms with van der Waals surface area (Å²) in [7, 11) is -3.06. The van der Waals surface area contributed by atoms with E-state index in [9.17, 15) is 4.57 Å². The van der Waals surface area contributed by atoms with Gasteiger partial charge in [-0.05, 0) is 12.8 Å². The number of nitrogens with zero attached hydrogens (tertiary/aromatic N) is 1. The smallest absolute Gasteiger partial charge is 0.297 e. The van der Waals surface area contributed by atoms with Crippen molar-refractivity contribution in [2.45, 2.75) is 53.4 Å². The number of rotatable bonds is 11. The molecular weight excluding hydrogens is 237 g/mol. The van der Waals surface area contributed by atoms with Crippen LogP contribution in [0, 0.1) is 0 Å². The van der Waals surface area contributed by atoms with E-state index in [-0.39, 0.29) is 0 Å². The fourth-order valence-electron chi connectivity index (χ4n) is 1.42. The van der Waals surface area contributed by atoms with E-state index in [1.54, 1.807) is 4.67 Å². The molecule has 0 amide bonds. The topological polar surface area (TPSA) is 38.8 Å². The molecule has 17 heavy (non-hydrogen) atoms. The first-order valence-electron chi connectivity index (χ1n) is 6.79. The lowest BCUT2D eigenvalue weighted by molar-refractivity contribution is 0.156. The van der Waals surface area contributed by atoms with E-state index in [1.165, 1.54) is 0 Å².